The van der Waals surface area contributed by atoms with Crippen LogP contribution in [-0.4, -0.2) is 21.2 Å². The summed E-state index contributed by atoms with van der Waals surface area (Å²) in [6.45, 7) is 2.27. The first-order chi connectivity index (χ1) is 20.0. The Hall–Kier alpha value is -3.23. The molecule has 6 nitrogen and oxygen atoms in total. The van der Waals surface area contributed by atoms with Gasteiger partial charge in [0, 0.05) is 18.0 Å². The average Bonchev–Trinajstić information content (AvgIpc) is 3.39. The number of fused-ring (bicyclic) bond motifs is 1. The third-order valence-corrected chi connectivity index (χ3v) is 9.35. The Bertz CT molecular complexity index is 1430. The summed E-state index contributed by atoms with van der Waals surface area (Å²) >= 11 is 3.39. The minimum absolute atomic E-state index is 0.336. The van der Waals surface area contributed by atoms with Crippen molar-refractivity contribution in [3.63, 3.8) is 0 Å². The number of unbranched alkanes of at least 4 members (excludes halogenated alkanes) is 9. The highest BCUT2D eigenvalue weighted by molar-refractivity contribution is 8.00. The number of aryl methyl sites for hydroxylation is 1. The van der Waals surface area contributed by atoms with Crippen LogP contribution < -0.4 is 0 Å². The SMILES string of the molecule is CCCCCCCCCCCCc1ccc(CSc2nc3ccc(N=Cc4ccc(O)c([N+](=O)[O-])c4)cc3s2)cc1. The van der Waals surface area contributed by atoms with Crippen LogP contribution in [-0.2, 0) is 12.2 Å². The van der Waals surface area contributed by atoms with Crippen LogP contribution in [0, 0.1) is 10.1 Å². The normalized spacial score (nSPS) is 11.5. The van der Waals surface area contributed by atoms with E-state index in [9.17, 15) is 15.2 Å². The fourth-order valence-corrected chi connectivity index (χ4v) is 6.77. The standard InChI is InChI=1S/C33H39N3O3S2/c1-2-3-4-5-6-7-8-9-10-11-12-25-13-15-26(16-14-25)24-40-33-35-29-19-18-28(22-32(29)41-33)34-23-27-17-20-31(37)30(21-27)36(38)39/h13-23,37H,2-12,24H2,1H3. The van der Waals surface area contributed by atoms with Crippen molar-refractivity contribution in [1.82, 2.24) is 4.98 Å². The summed E-state index contributed by atoms with van der Waals surface area (Å²) in [4.78, 5) is 19.7. The van der Waals surface area contributed by atoms with E-state index in [-0.39, 0.29) is 11.4 Å². The molecule has 0 bridgehead atoms. The predicted molar refractivity (Wildman–Crippen MR) is 173 cm³/mol. The number of nitrogens with zero attached hydrogens (tertiary/aromatic N) is 3. The van der Waals surface area contributed by atoms with Crippen LogP contribution in [0.15, 0.2) is 70.0 Å². The van der Waals surface area contributed by atoms with Crippen LogP contribution in [0.1, 0.15) is 87.8 Å². The first kappa shape index (κ1) is 30.7. The summed E-state index contributed by atoms with van der Waals surface area (Å²) in [5, 5.41) is 20.7. The minimum Gasteiger partial charge on any atom is -0.502 e. The van der Waals surface area contributed by atoms with Crippen molar-refractivity contribution in [2.75, 3.05) is 0 Å². The van der Waals surface area contributed by atoms with Crippen molar-refractivity contribution in [3.05, 3.63) is 87.5 Å². The molecule has 0 saturated carbocycles. The molecular weight excluding hydrogens is 551 g/mol. The summed E-state index contributed by atoms with van der Waals surface area (Å²) in [6, 6.07) is 19.1. The first-order valence-electron chi connectivity index (χ1n) is 14.6. The molecule has 1 heterocycles. The van der Waals surface area contributed by atoms with E-state index in [0.29, 0.717) is 5.56 Å². The monoisotopic (exact) mass is 589 g/mol. The summed E-state index contributed by atoms with van der Waals surface area (Å²) in [7, 11) is 0. The van der Waals surface area contributed by atoms with E-state index in [4.69, 9.17) is 4.98 Å². The molecule has 0 fully saturated rings. The number of aromatic nitrogens is 1. The van der Waals surface area contributed by atoms with E-state index in [1.807, 2.05) is 18.2 Å². The van der Waals surface area contributed by atoms with Crippen LogP contribution in [0.2, 0.25) is 0 Å². The lowest BCUT2D eigenvalue weighted by Crippen LogP contribution is -1.90. The summed E-state index contributed by atoms with van der Waals surface area (Å²) < 4.78 is 2.07. The van der Waals surface area contributed by atoms with E-state index in [1.165, 1.54) is 87.5 Å². The molecule has 0 atom stereocenters. The Morgan fingerprint density at radius 2 is 1.59 bits per heavy atom. The predicted octanol–water partition coefficient (Wildman–Crippen LogP) is 10.4. The number of nitro groups is 1. The topological polar surface area (TPSA) is 88.6 Å². The van der Waals surface area contributed by atoms with Gasteiger partial charge < -0.3 is 5.11 Å². The molecule has 1 aromatic heterocycles. The number of phenolic OH excluding ortho intramolecular Hbond substituents is 1. The molecule has 0 saturated heterocycles. The lowest BCUT2D eigenvalue weighted by molar-refractivity contribution is -0.385. The molecule has 0 spiro atoms. The molecule has 1 N–H and O–H groups in total. The van der Waals surface area contributed by atoms with Crippen LogP contribution in [0.25, 0.3) is 10.2 Å². The van der Waals surface area contributed by atoms with Gasteiger partial charge in [-0.1, -0.05) is 101 Å². The molecule has 4 rings (SSSR count). The van der Waals surface area contributed by atoms with Gasteiger partial charge in [-0.15, -0.1) is 11.3 Å². The lowest BCUT2D eigenvalue weighted by atomic mass is 10.0. The molecule has 0 amide bonds. The fraction of sp³-hybridized carbons (Fsp3) is 0.394. The number of aliphatic imine (C=N–C) groups is 1. The number of nitro benzene ring substituents is 1. The number of thioether (sulfide) groups is 1. The molecular formula is C33H39N3O3S2. The van der Waals surface area contributed by atoms with Gasteiger partial charge in [0.05, 0.1) is 20.8 Å². The van der Waals surface area contributed by atoms with Gasteiger partial charge in [0.1, 0.15) is 0 Å². The van der Waals surface area contributed by atoms with E-state index in [2.05, 4.69) is 36.2 Å². The summed E-state index contributed by atoms with van der Waals surface area (Å²) in [6.07, 6.45) is 16.4. The molecule has 4 aromatic rings. The van der Waals surface area contributed by atoms with Crippen molar-refractivity contribution in [3.8, 4) is 5.75 Å². The maximum atomic E-state index is 11.1. The number of rotatable bonds is 17. The Kier molecular flexibility index (Phi) is 12.2. The quantitative estimate of drug-likeness (QED) is 0.0435. The Morgan fingerprint density at radius 1 is 0.902 bits per heavy atom. The van der Waals surface area contributed by atoms with Crippen LogP contribution >= 0.6 is 23.1 Å². The number of benzene rings is 3. The van der Waals surface area contributed by atoms with E-state index in [0.717, 1.165) is 32.4 Å². The Balaban J connectivity index is 1.21. The van der Waals surface area contributed by atoms with Gasteiger partial charge in [-0.3, -0.25) is 15.1 Å². The highest BCUT2D eigenvalue weighted by atomic mass is 32.2. The number of phenols is 1. The second-order valence-electron chi connectivity index (χ2n) is 10.4. The van der Waals surface area contributed by atoms with Crippen molar-refractivity contribution < 1.29 is 10.0 Å². The van der Waals surface area contributed by atoms with Crippen molar-refractivity contribution >= 4 is 50.9 Å². The van der Waals surface area contributed by atoms with Gasteiger partial charge in [-0.2, -0.15) is 0 Å². The molecule has 3 aromatic carbocycles. The van der Waals surface area contributed by atoms with Crippen molar-refractivity contribution in [2.24, 2.45) is 4.99 Å². The van der Waals surface area contributed by atoms with E-state index < -0.39 is 4.92 Å². The highest BCUT2D eigenvalue weighted by Crippen LogP contribution is 2.34. The summed E-state index contributed by atoms with van der Waals surface area (Å²) in [5.41, 5.74) is 4.61. The molecule has 0 aliphatic rings. The second-order valence-corrected chi connectivity index (χ2v) is 12.7. The smallest absolute Gasteiger partial charge is 0.311 e. The van der Waals surface area contributed by atoms with Crippen LogP contribution in [0.3, 0.4) is 0 Å². The van der Waals surface area contributed by atoms with Gasteiger partial charge in [0.25, 0.3) is 0 Å². The molecule has 8 heteroatoms. The largest absolute Gasteiger partial charge is 0.502 e. The van der Waals surface area contributed by atoms with Gasteiger partial charge in [0.2, 0.25) is 0 Å². The Morgan fingerprint density at radius 3 is 2.29 bits per heavy atom. The zero-order valence-corrected chi connectivity index (χ0v) is 25.4. The highest BCUT2D eigenvalue weighted by Gasteiger charge is 2.13. The zero-order chi connectivity index (χ0) is 28.9. The van der Waals surface area contributed by atoms with Crippen molar-refractivity contribution in [2.45, 2.75) is 87.6 Å². The zero-order valence-electron chi connectivity index (χ0n) is 23.8. The van der Waals surface area contributed by atoms with Crippen LogP contribution in [0.5, 0.6) is 5.75 Å². The van der Waals surface area contributed by atoms with Gasteiger partial charge in [-0.05, 0) is 59.9 Å². The van der Waals surface area contributed by atoms with E-state index in [1.54, 1.807) is 35.4 Å². The summed E-state index contributed by atoms with van der Waals surface area (Å²) in [5.74, 6) is 0.520. The second kappa shape index (κ2) is 16.3. The van der Waals surface area contributed by atoms with Gasteiger partial charge in [0.15, 0.2) is 10.1 Å². The lowest BCUT2D eigenvalue weighted by Gasteiger charge is -2.05. The maximum Gasteiger partial charge on any atom is 0.311 e. The molecule has 41 heavy (non-hydrogen) atoms. The third kappa shape index (κ3) is 9.97. The molecule has 0 aliphatic carbocycles. The Labute approximate surface area is 251 Å². The maximum absolute atomic E-state index is 11.1. The number of hydrogen-bond donors (Lipinski definition) is 1. The van der Waals surface area contributed by atoms with Crippen LogP contribution in [0.4, 0.5) is 11.4 Å². The average molecular weight is 590 g/mol. The van der Waals surface area contributed by atoms with Gasteiger partial charge >= 0.3 is 5.69 Å². The van der Waals surface area contributed by atoms with Crippen molar-refractivity contribution in [1.29, 1.82) is 0 Å². The molecule has 0 radical (unpaired) electrons. The van der Waals surface area contributed by atoms with E-state index >= 15 is 0 Å². The molecule has 0 aliphatic heterocycles. The fourth-order valence-electron chi connectivity index (χ4n) is 4.71. The first-order valence-corrected chi connectivity index (χ1v) is 16.4. The number of thiazole rings is 1. The number of hydrogen-bond acceptors (Lipinski definition) is 7. The minimum atomic E-state index is -0.608. The number of aromatic hydroxyl groups is 1. The third-order valence-electron chi connectivity index (χ3n) is 7.12. The molecule has 0 unspecified atom stereocenters. The van der Waals surface area contributed by atoms with Gasteiger partial charge in [-0.25, -0.2) is 4.98 Å². The molecule has 216 valence electrons.